The molecule has 2 fully saturated rings. The maximum Gasteiger partial charge on any atom is 0.0690 e. The Morgan fingerprint density at radius 3 is 2.60 bits per heavy atom. The van der Waals surface area contributed by atoms with Gasteiger partial charge in [-0.15, -0.1) is 0 Å². The van der Waals surface area contributed by atoms with E-state index in [0.717, 1.165) is 25.2 Å². The predicted octanol–water partition coefficient (Wildman–Crippen LogP) is 2.58. The third-order valence-electron chi connectivity index (χ3n) is 3.48. The number of aliphatic hydroxyl groups is 1. The SMILES string of the molecule is OC1(Cc2ccccc2C2CSC2)CC1. The monoisotopic (exact) mass is 220 g/mol. The second kappa shape index (κ2) is 3.53. The van der Waals surface area contributed by atoms with E-state index in [9.17, 15) is 5.11 Å². The van der Waals surface area contributed by atoms with E-state index in [1.165, 1.54) is 22.6 Å². The van der Waals surface area contributed by atoms with Gasteiger partial charge in [0.05, 0.1) is 5.60 Å². The van der Waals surface area contributed by atoms with E-state index in [-0.39, 0.29) is 5.60 Å². The third kappa shape index (κ3) is 1.93. The summed E-state index contributed by atoms with van der Waals surface area (Å²) in [6.45, 7) is 0. The Hall–Kier alpha value is -0.470. The quantitative estimate of drug-likeness (QED) is 0.845. The zero-order valence-electron chi connectivity index (χ0n) is 8.78. The molecule has 0 amide bonds. The van der Waals surface area contributed by atoms with Gasteiger partial charge in [-0.1, -0.05) is 24.3 Å². The summed E-state index contributed by atoms with van der Waals surface area (Å²) in [4.78, 5) is 0. The first-order chi connectivity index (χ1) is 7.27. The van der Waals surface area contributed by atoms with Crippen LogP contribution in [0.5, 0.6) is 0 Å². The van der Waals surface area contributed by atoms with Gasteiger partial charge in [-0.2, -0.15) is 11.8 Å². The predicted molar refractivity (Wildman–Crippen MR) is 64.4 cm³/mol. The lowest BCUT2D eigenvalue weighted by Crippen LogP contribution is -2.20. The summed E-state index contributed by atoms with van der Waals surface area (Å²) < 4.78 is 0. The Morgan fingerprint density at radius 2 is 2.00 bits per heavy atom. The highest BCUT2D eigenvalue weighted by Gasteiger charge is 2.41. The van der Waals surface area contributed by atoms with Crippen molar-refractivity contribution in [3.05, 3.63) is 35.4 Å². The Bertz CT molecular complexity index is 367. The smallest absolute Gasteiger partial charge is 0.0690 e. The summed E-state index contributed by atoms with van der Waals surface area (Å²) in [5.41, 5.74) is 2.51. The van der Waals surface area contributed by atoms with Crippen molar-refractivity contribution in [1.82, 2.24) is 0 Å². The standard InChI is InChI=1S/C13H16OS/c14-13(5-6-13)7-10-3-1-2-4-12(10)11-8-15-9-11/h1-4,11,14H,5-9H2. The molecular formula is C13H16OS. The molecule has 1 aliphatic heterocycles. The van der Waals surface area contributed by atoms with Gasteiger partial charge in [0.2, 0.25) is 0 Å². The fourth-order valence-electron chi connectivity index (χ4n) is 2.18. The summed E-state index contributed by atoms with van der Waals surface area (Å²) >= 11 is 2.02. The van der Waals surface area contributed by atoms with Crippen LogP contribution in [0.4, 0.5) is 0 Å². The molecule has 2 aliphatic rings. The van der Waals surface area contributed by atoms with Crippen LogP contribution < -0.4 is 0 Å². The van der Waals surface area contributed by atoms with E-state index in [0.29, 0.717) is 0 Å². The molecule has 1 heterocycles. The third-order valence-corrected chi connectivity index (χ3v) is 4.76. The molecule has 0 atom stereocenters. The van der Waals surface area contributed by atoms with Crippen molar-refractivity contribution in [2.75, 3.05) is 11.5 Å². The minimum absolute atomic E-state index is 0.354. The molecule has 1 aliphatic carbocycles. The molecule has 1 aromatic carbocycles. The summed E-state index contributed by atoms with van der Waals surface area (Å²) in [5.74, 6) is 3.26. The van der Waals surface area contributed by atoms with E-state index in [2.05, 4.69) is 24.3 Å². The van der Waals surface area contributed by atoms with Crippen molar-refractivity contribution in [2.45, 2.75) is 30.8 Å². The molecule has 0 aromatic heterocycles. The van der Waals surface area contributed by atoms with Crippen molar-refractivity contribution < 1.29 is 5.11 Å². The Labute approximate surface area is 94.9 Å². The molecule has 2 heteroatoms. The Morgan fingerprint density at radius 1 is 1.27 bits per heavy atom. The fraction of sp³-hybridized carbons (Fsp3) is 0.538. The Balaban J connectivity index is 1.85. The van der Waals surface area contributed by atoms with Gasteiger partial charge in [-0.3, -0.25) is 0 Å². The lowest BCUT2D eigenvalue weighted by atomic mass is 9.92. The first-order valence-corrected chi connectivity index (χ1v) is 6.80. The van der Waals surface area contributed by atoms with Gasteiger partial charge in [-0.05, 0) is 24.0 Å². The molecule has 0 spiro atoms. The van der Waals surface area contributed by atoms with Crippen molar-refractivity contribution >= 4 is 11.8 Å². The van der Waals surface area contributed by atoms with E-state index in [1.54, 1.807) is 0 Å². The lowest BCUT2D eigenvalue weighted by Gasteiger charge is -2.28. The van der Waals surface area contributed by atoms with Gasteiger partial charge in [0, 0.05) is 23.8 Å². The van der Waals surface area contributed by atoms with Crippen molar-refractivity contribution in [2.24, 2.45) is 0 Å². The highest BCUT2D eigenvalue weighted by molar-refractivity contribution is 8.00. The maximum atomic E-state index is 9.97. The Kier molecular flexibility index (Phi) is 2.29. The number of benzene rings is 1. The van der Waals surface area contributed by atoms with Gasteiger partial charge in [0.25, 0.3) is 0 Å². The minimum atomic E-state index is -0.354. The van der Waals surface area contributed by atoms with Crippen LogP contribution in [-0.2, 0) is 6.42 Å². The molecule has 80 valence electrons. The van der Waals surface area contributed by atoms with Crippen LogP contribution in [-0.4, -0.2) is 22.2 Å². The second-order valence-corrected chi connectivity index (χ2v) is 5.91. The molecule has 1 saturated carbocycles. The summed E-state index contributed by atoms with van der Waals surface area (Å²) in [6.07, 6.45) is 2.84. The number of rotatable bonds is 3. The van der Waals surface area contributed by atoms with Crippen LogP contribution in [0.2, 0.25) is 0 Å². The van der Waals surface area contributed by atoms with E-state index >= 15 is 0 Å². The minimum Gasteiger partial charge on any atom is -0.390 e. The largest absolute Gasteiger partial charge is 0.390 e. The molecule has 1 saturated heterocycles. The van der Waals surface area contributed by atoms with Gasteiger partial charge in [-0.25, -0.2) is 0 Å². The molecule has 0 radical (unpaired) electrons. The second-order valence-electron chi connectivity index (χ2n) is 4.83. The molecule has 0 unspecified atom stereocenters. The normalized spacial score (nSPS) is 23.5. The molecular weight excluding hydrogens is 204 g/mol. The van der Waals surface area contributed by atoms with E-state index in [4.69, 9.17) is 0 Å². The molecule has 0 bridgehead atoms. The summed E-state index contributed by atoms with van der Waals surface area (Å²) in [5, 5.41) is 9.97. The average molecular weight is 220 g/mol. The number of thioether (sulfide) groups is 1. The zero-order chi connectivity index (χ0) is 10.3. The lowest BCUT2D eigenvalue weighted by molar-refractivity contribution is 0.150. The van der Waals surface area contributed by atoms with E-state index in [1.807, 2.05) is 11.8 Å². The first kappa shape index (κ1) is 9.73. The molecule has 1 nitrogen and oxygen atoms in total. The van der Waals surface area contributed by atoms with E-state index < -0.39 is 0 Å². The van der Waals surface area contributed by atoms with Gasteiger partial charge < -0.3 is 5.11 Å². The van der Waals surface area contributed by atoms with Crippen LogP contribution >= 0.6 is 11.8 Å². The number of hydrogen-bond acceptors (Lipinski definition) is 2. The van der Waals surface area contributed by atoms with Crippen LogP contribution in [0.3, 0.4) is 0 Å². The molecule has 1 N–H and O–H groups in total. The maximum absolute atomic E-state index is 9.97. The molecule has 15 heavy (non-hydrogen) atoms. The van der Waals surface area contributed by atoms with Crippen molar-refractivity contribution in [1.29, 1.82) is 0 Å². The zero-order valence-corrected chi connectivity index (χ0v) is 9.59. The topological polar surface area (TPSA) is 20.2 Å². The summed E-state index contributed by atoms with van der Waals surface area (Å²) in [7, 11) is 0. The average Bonchev–Trinajstić information content (AvgIpc) is 2.84. The first-order valence-electron chi connectivity index (χ1n) is 5.65. The van der Waals surface area contributed by atoms with Gasteiger partial charge in [0.1, 0.15) is 0 Å². The highest BCUT2D eigenvalue weighted by Crippen LogP contribution is 2.41. The van der Waals surface area contributed by atoms with Crippen LogP contribution in [0.15, 0.2) is 24.3 Å². The molecule has 1 aromatic rings. The van der Waals surface area contributed by atoms with Crippen molar-refractivity contribution in [3.63, 3.8) is 0 Å². The van der Waals surface area contributed by atoms with Gasteiger partial charge in [0.15, 0.2) is 0 Å². The van der Waals surface area contributed by atoms with Gasteiger partial charge >= 0.3 is 0 Å². The number of hydrogen-bond donors (Lipinski definition) is 1. The highest BCUT2D eigenvalue weighted by atomic mass is 32.2. The van der Waals surface area contributed by atoms with Crippen LogP contribution in [0.25, 0.3) is 0 Å². The van der Waals surface area contributed by atoms with Crippen LogP contribution in [0, 0.1) is 0 Å². The fourth-order valence-corrected chi connectivity index (χ4v) is 3.01. The van der Waals surface area contributed by atoms with Crippen LogP contribution in [0.1, 0.15) is 29.9 Å². The van der Waals surface area contributed by atoms with Crippen molar-refractivity contribution in [3.8, 4) is 0 Å². The molecule has 3 rings (SSSR count). The summed E-state index contributed by atoms with van der Waals surface area (Å²) in [6, 6.07) is 8.65.